The zero-order valence-corrected chi connectivity index (χ0v) is 10.5. The van der Waals surface area contributed by atoms with E-state index in [2.05, 4.69) is 26.1 Å². The van der Waals surface area contributed by atoms with Crippen LogP contribution in [0.15, 0.2) is 0 Å². The summed E-state index contributed by atoms with van der Waals surface area (Å²) >= 11 is 0. The molecule has 0 saturated carbocycles. The fraction of sp³-hybridized carbons (Fsp3) is 1.00. The summed E-state index contributed by atoms with van der Waals surface area (Å²) < 4.78 is 10.3. The maximum Gasteiger partial charge on any atom is 0.0638 e. The molecule has 0 heterocycles. The van der Waals surface area contributed by atoms with E-state index in [1.165, 1.54) is 0 Å². The Bertz CT molecular complexity index is 162. The van der Waals surface area contributed by atoms with Gasteiger partial charge in [0.15, 0.2) is 0 Å². The van der Waals surface area contributed by atoms with Crippen molar-refractivity contribution in [3.63, 3.8) is 0 Å². The molecule has 15 heavy (non-hydrogen) atoms. The lowest BCUT2D eigenvalue weighted by Crippen LogP contribution is -2.45. The second kappa shape index (κ2) is 7.17. The number of hydrogen-bond acceptors (Lipinski definition) is 4. The minimum absolute atomic E-state index is 0.00217. The molecule has 92 valence electrons. The van der Waals surface area contributed by atoms with Gasteiger partial charge < -0.3 is 19.9 Å². The molecule has 4 nitrogen and oxygen atoms in total. The van der Waals surface area contributed by atoms with Crippen LogP contribution in [0.5, 0.6) is 0 Å². The zero-order chi connectivity index (χ0) is 11.9. The summed E-state index contributed by atoms with van der Waals surface area (Å²) in [6.45, 7) is 6.80. The molecule has 0 saturated heterocycles. The van der Waals surface area contributed by atoms with E-state index in [9.17, 15) is 0 Å². The number of rotatable bonds is 8. The van der Waals surface area contributed by atoms with Crippen molar-refractivity contribution in [3.05, 3.63) is 0 Å². The lowest BCUT2D eigenvalue weighted by atomic mass is 9.99. The van der Waals surface area contributed by atoms with E-state index in [-0.39, 0.29) is 24.3 Å². The van der Waals surface area contributed by atoms with E-state index >= 15 is 0 Å². The standard InChI is InChI=1S/C11H25NO3/c1-9(6-11(2,3)15-5)12-10(7-13)8-14-4/h9-10,12-13H,6-8H2,1-5H3. The molecule has 2 N–H and O–H groups in total. The highest BCUT2D eigenvalue weighted by Gasteiger charge is 2.21. The first kappa shape index (κ1) is 14.8. The summed E-state index contributed by atoms with van der Waals surface area (Å²) in [5, 5.41) is 12.4. The quantitative estimate of drug-likeness (QED) is 0.633. The van der Waals surface area contributed by atoms with Crippen LogP contribution in [0.4, 0.5) is 0 Å². The van der Waals surface area contributed by atoms with Gasteiger partial charge in [-0.3, -0.25) is 0 Å². The molecule has 0 aromatic rings. The average Bonchev–Trinajstić information content (AvgIpc) is 2.16. The van der Waals surface area contributed by atoms with E-state index < -0.39 is 0 Å². The number of ether oxygens (including phenoxy) is 2. The second-order valence-electron chi connectivity index (χ2n) is 4.57. The Balaban J connectivity index is 3.94. The molecule has 0 aliphatic rings. The van der Waals surface area contributed by atoms with Gasteiger partial charge in [-0.15, -0.1) is 0 Å². The normalized spacial score (nSPS) is 16.4. The van der Waals surface area contributed by atoms with Crippen molar-refractivity contribution in [2.75, 3.05) is 27.4 Å². The Kier molecular flexibility index (Phi) is 7.09. The first-order valence-electron chi connectivity index (χ1n) is 5.36. The van der Waals surface area contributed by atoms with Crippen LogP contribution in [-0.4, -0.2) is 50.2 Å². The van der Waals surface area contributed by atoms with Crippen molar-refractivity contribution in [2.24, 2.45) is 0 Å². The SMILES string of the molecule is COCC(CO)NC(C)CC(C)(C)OC. The molecular formula is C11H25NO3. The average molecular weight is 219 g/mol. The van der Waals surface area contributed by atoms with Crippen molar-refractivity contribution in [2.45, 2.75) is 44.9 Å². The van der Waals surface area contributed by atoms with Crippen molar-refractivity contribution in [3.8, 4) is 0 Å². The van der Waals surface area contributed by atoms with Crippen LogP contribution in [0, 0.1) is 0 Å². The van der Waals surface area contributed by atoms with Crippen molar-refractivity contribution < 1.29 is 14.6 Å². The minimum Gasteiger partial charge on any atom is -0.395 e. The van der Waals surface area contributed by atoms with E-state index in [4.69, 9.17) is 14.6 Å². The fourth-order valence-electron chi connectivity index (χ4n) is 1.64. The van der Waals surface area contributed by atoms with Crippen LogP contribution in [0.1, 0.15) is 27.2 Å². The molecule has 0 radical (unpaired) electrons. The Morgan fingerprint density at radius 1 is 1.33 bits per heavy atom. The molecule has 0 aliphatic carbocycles. The third kappa shape index (κ3) is 6.84. The maximum absolute atomic E-state index is 9.09. The van der Waals surface area contributed by atoms with Gasteiger partial charge in [0, 0.05) is 20.3 Å². The lowest BCUT2D eigenvalue weighted by Gasteiger charge is -2.29. The molecule has 0 rings (SSSR count). The Labute approximate surface area is 93.0 Å². The van der Waals surface area contributed by atoms with E-state index in [1.54, 1.807) is 14.2 Å². The highest BCUT2D eigenvalue weighted by atomic mass is 16.5. The number of aliphatic hydroxyl groups is 1. The second-order valence-corrected chi connectivity index (χ2v) is 4.57. The predicted octanol–water partition coefficient (Wildman–Crippen LogP) is 0.787. The van der Waals surface area contributed by atoms with Crippen LogP contribution in [0.25, 0.3) is 0 Å². The lowest BCUT2D eigenvalue weighted by molar-refractivity contribution is 0.00547. The highest BCUT2D eigenvalue weighted by molar-refractivity contribution is 4.78. The van der Waals surface area contributed by atoms with Crippen molar-refractivity contribution in [1.29, 1.82) is 0 Å². The van der Waals surface area contributed by atoms with Gasteiger partial charge >= 0.3 is 0 Å². The summed E-state index contributed by atoms with van der Waals surface area (Å²) in [4.78, 5) is 0. The van der Waals surface area contributed by atoms with Gasteiger partial charge in [0.1, 0.15) is 0 Å². The fourth-order valence-corrected chi connectivity index (χ4v) is 1.64. The van der Waals surface area contributed by atoms with Crippen LogP contribution < -0.4 is 5.32 Å². The van der Waals surface area contributed by atoms with Gasteiger partial charge in [0.05, 0.1) is 24.9 Å². The minimum atomic E-state index is -0.139. The summed E-state index contributed by atoms with van der Waals surface area (Å²) in [5.41, 5.74) is -0.139. The first-order chi connectivity index (χ1) is 6.95. The van der Waals surface area contributed by atoms with Gasteiger partial charge in [0.2, 0.25) is 0 Å². The number of nitrogens with one attached hydrogen (secondary N) is 1. The monoisotopic (exact) mass is 219 g/mol. The molecule has 0 bridgehead atoms. The number of methoxy groups -OCH3 is 2. The summed E-state index contributed by atoms with van der Waals surface area (Å²) in [7, 11) is 3.35. The van der Waals surface area contributed by atoms with E-state index in [0.29, 0.717) is 6.61 Å². The summed E-state index contributed by atoms with van der Waals surface area (Å²) in [5.74, 6) is 0. The van der Waals surface area contributed by atoms with E-state index in [0.717, 1.165) is 6.42 Å². The van der Waals surface area contributed by atoms with Crippen LogP contribution in [0.3, 0.4) is 0 Å². The Morgan fingerprint density at radius 3 is 2.33 bits per heavy atom. The van der Waals surface area contributed by atoms with Crippen molar-refractivity contribution >= 4 is 0 Å². The molecule has 4 heteroatoms. The van der Waals surface area contributed by atoms with Gasteiger partial charge in [0.25, 0.3) is 0 Å². The summed E-state index contributed by atoms with van der Waals surface area (Å²) in [6, 6.07) is 0.282. The van der Waals surface area contributed by atoms with Crippen molar-refractivity contribution in [1.82, 2.24) is 5.32 Å². The molecule has 2 unspecified atom stereocenters. The number of hydrogen-bond donors (Lipinski definition) is 2. The van der Waals surface area contributed by atoms with Gasteiger partial charge in [-0.1, -0.05) is 0 Å². The highest BCUT2D eigenvalue weighted by Crippen LogP contribution is 2.15. The molecule has 2 atom stereocenters. The van der Waals surface area contributed by atoms with Gasteiger partial charge in [-0.25, -0.2) is 0 Å². The molecular weight excluding hydrogens is 194 g/mol. The molecule has 0 spiro atoms. The summed E-state index contributed by atoms with van der Waals surface area (Å²) in [6.07, 6.45) is 0.893. The zero-order valence-electron chi connectivity index (χ0n) is 10.5. The largest absolute Gasteiger partial charge is 0.395 e. The topological polar surface area (TPSA) is 50.7 Å². The maximum atomic E-state index is 9.09. The number of aliphatic hydroxyl groups excluding tert-OH is 1. The molecule has 0 aliphatic heterocycles. The van der Waals surface area contributed by atoms with Crippen LogP contribution in [0.2, 0.25) is 0 Å². The Morgan fingerprint density at radius 2 is 1.93 bits per heavy atom. The predicted molar refractivity (Wildman–Crippen MR) is 61.1 cm³/mol. The van der Waals surface area contributed by atoms with Crippen LogP contribution in [-0.2, 0) is 9.47 Å². The Hall–Kier alpha value is -0.160. The smallest absolute Gasteiger partial charge is 0.0638 e. The molecule has 0 aromatic carbocycles. The van der Waals surface area contributed by atoms with Gasteiger partial charge in [-0.05, 0) is 27.2 Å². The third-order valence-corrected chi connectivity index (χ3v) is 2.46. The first-order valence-corrected chi connectivity index (χ1v) is 5.36. The molecule has 0 fully saturated rings. The van der Waals surface area contributed by atoms with E-state index in [1.807, 2.05) is 0 Å². The van der Waals surface area contributed by atoms with Crippen LogP contribution >= 0.6 is 0 Å². The molecule has 0 amide bonds. The molecule has 0 aromatic heterocycles. The third-order valence-electron chi connectivity index (χ3n) is 2.46. The van der Waals surface area contributed by atoms with Gasteiger partial charge in [-0.2, -0.15) is 0 Å².